The standard InChI is InChI=1S/C16H15ClN2O2/c1-19-11-14(17)9-15(19)16(21)18-10-13-6-3-2-5-12(13)7-4-8-20/h2-3,5-6,9,11,20H,8,10H2,1H3,(H,18,21). The van der Waals surface area contributed by atoms with E-state index in [0.29, 0.717) is 17.3 Å². The molecule has 0 saturated heterocycles. The summed E-state index contributed by atoms with van der Waals surface area (Å²) in [6.07, 6.45) is 1.68. The molecule has 0 aliphatic carbocycles. The SMILES string of the molecule is Cn1cc(Cl)cc1C(=O)NCc1ccccc1C#CCO. The van der Waals surface area contributed by atoms with Gasteiger partial charge in [-0.1, -0.05) is 41.6 Å². The van der Waals surface area contributed by atoms with E-state index in [1.165, 1.54) is 0 Å². The first-order chi connectivity index (χ1) is 10.1. The van der Waals surface area contributed by atoms with E-state index in [4.69, 9.17) is 16.7 Å². The highest BCUT2D eigenvalue weighted by atomic mass is 35.5. The minimum absolute atomic E-state index is 0.192. The van der Waals surface area contributed by atoms with Gasteiger partial charge >= 0.3 is 0 Å². The maximum atomic E-state index is 12.1. The second-order valence-electron chi connectivity index (χ2n) is 4.45. The summed E-state index contributed by atoms with van der Waals surface area (Å²) < 4.78 is 1.68. The molecule has 1 amide bonds. The van der Waals surface area contributed by atoms with Crippen molar-refractivity contribution in [2.75, 3.05) is 6.61 Å². The molecule has 1 heterocycles. The van der Waals surface area contributed by atoms with Crippen molar-refractivity contribution in [3.63, 3.8) is 0 Å². The third-order valence-electron chi connectivity index (χ3n) is 2.96. The number of nitrogens with zero attached hydrogens (tertiary/aromatic N) is 1. The zero-order valence-electron chi connectivity index (χ0n) is 11.6. The van der Waals surface area contributed by atoms with E-state index in [9.17, 15) is 4.79 Å². The van der Waals surface area contributed by atoms with Crippen molar-refractivity contribution in [3.05, 3.63) is 58.4 Å². The van der Waals surface area contributed by atoms with E-state index < -0.39 is 0 Å². The Bertz CT molecular complexity index is 711. The van der Waals surface area contributed by atoms with Gasteiger partial charge in [-0.05, 0) is 17.7 Å². The summed E-state index contributed by atoms with van der Waals surface area (Å²) in [6, 6.07) is 9.10. The molecule has 2 N–H and O–H groups in total. The summed E-state index contributed by atoms with van der Waals surface area (Å²) in [5.41, 5.74) is 2.18. The molecular formula is C16H15ClN2O2. The Balaban J connectivity index is 2.10. The third kappa shape index (κ3) is 3.88. The molecule has 0 saturated carbocycles. The lowest BCUT2D eigenvalue weighted by molar-refractivity contribution is 0.0943. The van der Waals surface area contributed by atoms with Crippen molar-refractivity contribution in [1.82, 2.24) is 9.88 Å². The van der Waals surface area contributed by atoms with Crippen LogP contribution in [0, 0.1) is 11.8 Å². The van der Waals surface area contributed by atoms with Crippen molar-refractivity contribution in [2.24, 2.45) is 7.05 Å². The van der Waals surface area contributed by atoms with E-state index >= 15 is 0 Å². The van der Waals surface area contributed by atoms with Gasteiger partial charge in [0.05, 0.1) is 5.02 Å². The summed E-state index contributed by atoms with van der Waals surface area (Å²) in [4.78, 5) is 12.1. The minimum Gasteiger partial charge on any atom is -0.384 e. The smallest absolute Gasteiger partial charge is 0.268 e. The van der Waals surface area contributed by atoms with Crippen LogP contribution < -0.4 is 5.32 Å². The van der Waals surface area contributed by atoms with Gasteiger partial charge in [-0.2, -0.15) is 0 Å². The summed E-state index contributed by atoms with van der Waals surface area (Å²) in [7, 11) is 1.77. The number of hydrogen-bond acceptors (Lipinski definition) is 2. The first-order valence-corrected chi connectivity index (χ1v) is 6.77. The molecule has 4 nitrogen and oxygen atoms in total. The van der Waals surface area contributed by atoms with Gasteiger partial charge in [-0.25, -0.2) is 0 Å². The van der Waals surface area contributed by atoms with Gasteiger partial charge in [-0.3, -0.25) is 4.79 Å². The molecule has 2 aromatic rings. The normalized spacial score (nSPS) is 9.86. The molecule has 0 fully saturated rings. The van der Waals surface area contributed by atoms with Gasteiger partial charge in [0.1, 0.15) is 12.3 Å². The fourth-order valence-electron chi connectivity index (χ4n) is 1.95. The summed E-state index contributed by atoms with van der Waals surface area (Å²) >= 11 is 5.87. The van der Waals surface area contributed by atoms with Gasteiger partial charge < -0.3 is 15.0 Å². The zero-order chi connectivity index (χ0) is 15.2. The molecule has 0 spiro atoms. The number of hydrogen-bond donors (Lipinski definition) is 2. The number of aliphatic hydroxyl groups excluding tert-OH is 1. The molecular weight excluding hydrogens is 288 g/mol. The van der Waals surface area contributed by atoms with E-state index in [1.807, 2.05) is 24.3 Å². The molecule has 5 heteroatoms. The number of carbonyl (C=O) groups is 1. The van der Waals surface area contributed by atoms with Crippen LogP contribution in [-0.4, -0.2) is 22.2 Å². The van der Waals surface area contributed by atoms with Crippen molar-refractivity contribution < 1.29 is 9.90 Å². The Hall–Kier alpha value is -2.22. The lowest BCUT2D eigenvalue weighted by Crippen LogP contribution is -2.25. The lowest BCUT2D eigenvalue weighted by atomic mass is 10.1. The molecule has 0 radical (unpaired) electrons. The quantitative estimate of drug-likeness (QED) is 0.852. The number of aryl methyl sites for hydroxylation is 1. The van der Waals surface area contributed by atoms with Crippen molar-refractivity contribution in [3.8, 4) is 11.8 Å². The van der Waals surface area contributed by atoms with Gasteiger partial charge in [-0.15, -0.1) is 0 Å². The van der Waals surface area contributed by atoms with Crippen LogP contribution in [0.1, 0.15) is 21.6 Å². The number of rotatable bonds is 3. The van der Waals surface area contributed by atoms with Crippen LogP contribution in [0.3, 0.4) is 0 Å². The Morgan fingerprint density at radius 3 is 2.86 bits per heavy atom. The number of halogens is 1. The largest absolute Gasteiger partial charge is 0.384 e. The second-order valence-corrected chi connectivity index (χ2v) is 4.89. The summed E-state index contributed by atoms with van der Waals surface area (Å²) in [6.45, 7) is 0.167. The predicted octanol–water partition coefficient (Wildman–Crippen LogP) is 1.95. The summed E-state index contributed by atoms with van der Waals surface area (Å²) in [5.74, 6) is 5.27. The van der Waals surface area contributed by atoms with Gasteiger partial charge in [0.2, 0.25) is 0 Å². The van der Waals surface area contributed by atoms with Gasteiger partial charge in [0, 0.05) is 25.4 Å². The highest BCUT2D eigenvalue weighted by molar-refractivity contribution is 6.31. The predicted molar refractivity (Wildman–Crippen MR) is 82.0 cm³/mol. The molecule has 0 bridgehead atoms. The van der Waals surface area contributed by atoms with E-state index in [2.05, 4.69) is 17.2 Å². The number of carbonyl (C=O) groups excluding carboxylic acids is 1. The Morgan fingerprint density at radius 2 is 2.19 bits per heavy atom. The van der Waals surface area contributed by atoms with Crippen LogP contribution in [-0.2, 0) is 13.6 Å². The molecule has 0 aliphatic heterocycles. The highest BCUT2D eigenvalue weighted by Crippen LogP contribution is 2.13. The summed E-state index contributed by atoms with van der Waals surface area (Å²) in [5, 5.41) is 12.1. The van der Waals surface area contributed by atoms with Crippen molar-refractivity contribution >= 4 is 17.5 Å². The van der Waals surface area contributed by atoms with Crippen LogP contribution in [0.4, 0.5) is 0 Å². The molecule has 2 rings (SSSR count). The van der Waals surface area contributed by atoms with Crippen molar-refractivity contribution in [2.45, 2.75) is 6.54 Å². The fraction of sp³-hybridized carbons (Fsp3) is 0.188. The number of amides is 1. The molecule has 0 aliphatic rings. The fourth-order valence-corrected chi connectivity index (χ4v) is 2.20. The highest BCUT2D eigenvalue weighted by Gasteiger charge is 2.11. The number of aliphatic hydroxyl groups is 1. The Kier molecular flexibility index (Phi) is 5.04. The molecule has 1 aromatic heterocycles. The molecule has 21 heavy (non-hydrogen) atoms. The van der Waals surface area contributed by atoms with Crippen LogP contribution in [0.25, 0.3) is 0 Å². The molecule has 108 valence electrons. The zero-order valence-corrected chi connectivity index (χ0v) is 12.3. The van der Waals surface area contributed by atoms with Crippen LogP contribution in [0.5, 0.6) is 0 Å². The minimum atomic E-state index is -0.200. The average Bonchev–Trinajstić information content (AvgIpc) is 2.82. The molecule has 1 aromatic carbocycles. The first-order valence-electron chi connectivity index (χ1n) is 6.39. The van der Waals surface area contributed by atoms with Gasteiger partial charge in [0.15, 0.2) is 0 Å². The average molecular weight is 303 g/mol. The maximum Gasteiger partial charge on any atom is 0.268 e. The maximum absolute atomic E-state index is 12.1. The Morgan fingerprint density at radius 1 is 1.43 bits per heavy atom. The monoisotopic (exact) mass is 302 g/mol. The van der Waals surface area contributed by atoms with Crippen LogP contribution in [0.15, 0.2) is 36.5 Å². The second kappa shape index (κ2) is 6.98. The number of nitrogens with one attached hydrogen (secondary N) is 1. The Labute approximate surface area is 128 Å². The lowest BCUT2D eigenvalue weighted by Gasteiger charge is -2.08. The molecule has 0 atom stereocenters. The van der Waals surface area contributed by atoms with Crippen LogP contribution in [0.2, 0.25) is 5.02 Å². The van der Waals surface area contributed by atoms with E-state index in [1.54, 1.807) is 23.9 Å². The topological polar surface area (TPSA) is 54.3 Å². The molecule has 0 unspecified atom stereocenters. The van der Waals surface area contributed by atoms with Gasteiger partial charge in [0.25, 0.3) is 5.91 Å². The first kappa shape index (κ1) is 15.2. The van der Waals surface area contributed by atoms with Crippen molar-refractivity contribution in [1.29, 1.82) is 0 Å². The number of aromatic nitrogens is 1. The third-order valence-corrected chi connectivity index (χ3v) is 3.17. The van der Waals surface area contributed by atoms with E-state index in [-0.39, 0.29) is 12.5 Å². The van der Waals surface area contributed by atoms with E-state index in [0.717, 1.165) is 11.1 Å². The number of benzene rings is 1. The van der Waals surface area contributed by atoms with Crippen LogP contribution >= 0.6 is 11.6 Å².